The molecule has 1 aliphatic heterocycles. The standard InChI is InChI=1S/C25H22F3N5O2S2/c26-16-4-5-18(27)20(13-16)37(34,35)33-19-3-1-2-17(22(19)28)23-24(15-8-11-31-21(29)12-15)36-25(32-23)14-6-9-30-10-7-14/h1-5,8,11-14,30,33H,6-7,9-10H2,(H2,29,31). The van der Waals surface area contributed by atoms with Gasteiger partial charge in [-0.1, -0.05) is 6.07 Å². The summed E-state index contributed by atoms with van der Waals surface area (Å²) in [6, 6.07) is 9.61. The third-order valence-corrected chi connectivity index (χ3v) is 8.70. The highest BCUT2D eigenvalue weighted by atomic mass is 32.2. The predicted molar refractivity (Wildman–Crippen MR) is 137 cm³/mol. The van der Waals surface area contributed by atoms with Gasteiger partial charge in [-0.05, 0) is 74.0 Å². The van der Waals surface area contributed by atoms with Crippen LogP contribution in [0.1, 0.15) is 23.8 Å². The van der Waals surface area contributed by atoms with Crippen molar-refractivity contribution in [2.24, 2.45) is 0 Å². The van der Waals surface area contributed by atoms with E-state index >= 15 is 4.39 Å². The summed E-state index contributed by atoms with van der Waals surface area (Å²) in [4.78, 5) is 8.56. The number of halogens is 3. The van der Waals surface area contributed by atoms with Crippen molar-refractivity contribution in [1.82, 2.24) is 15.3 Å². The van der Waals surface area contributed by atoms with E-state index in [1.54, 1.807) is 18.3 Å². The maximum absolute atomic E-state index is 15.8. The first kappa shape index (κ1) is 25.2. The highest BCUT2D eigenvalue weighted by Crippen LogP contribution is 2.43. The predicted octanol–water partition coefficient (Wildman–Crippen LogP) is 5.14. The lowest BCUT2D eigenvalue weighted by atomic mass is 9.99. The van der Waals surface area contributed by atoms with Crippen molar-refractivity contribution in [3.63, 3.8) is 0 Å². The summed E-state index contributed by atoms with van der Waals surface area (Å²) in [5, 5.41) is 4.15. The summed E-state index contributed by atoms with van der Waals surface area (Å²) >= 11 is 1.43. The number of nitrogens with two attached hydrogens (primary N) is 1. The minimum absolute atomic E-state index is 0.0572. The highest BCUT2D eigenvalue weighted by Gasteiger charge is 2.27. The van der Waals surface area contributed by atoms with Crippen LogP contribution in [0.4, 0.5) is 24.7 Å². The number of nitrogen functional groups attached to an aromatic ring is 1. The Morgan fingerprint density at radius 1 is 1.05 bits per heavy atom. The van der Waals surface area contributed by atoms with Gasteiger partial charge in [-0.3, -0.25) is 4.72 Å². The molecule has 0 atom stereocenters. The van der Waals surface area contributed by atoms with Crippen molar-refractivity contribution in [3.05, 3.63) is 77.2 Å². The molecule has 2 aromatic carbocycles. The first-order chi connectivity index (χ1) is 17.7. The van der Waals surface area contributed by atoms with E-state index in [9.17, 15) is 17.2 Å². The average Bonchev–Trinajstić information content (AvgIpc) is 3.32. The number of nitrogens with zero attached hydrogens (tertiary/aromatic N) is 2. The lowest BCUT2D eigenvalue weighted by molar-refractivity contribution is 0.459. The van der Waals surface area contributed by atoms with Gasteiger partial charge in [-0.15, -0.1) is 11.3 Å². The molecule has 3 heterocycles. The fraction of sp³-hybridized carbons (Fsp3) is 0.200. The van der Waals surface area contributed by atoms with Crippen molar-refractivity contribution < 1.29 is 21.6 Å². The van der Waals surface area contributed by atoms with Crippen molar-refractivity contribution in [2.45, 2.75) is 23.7 Å². The maximum Gasteiger partial charge on any atom is 0.265 e. The van der Waals surface area contributed by atoms with Gasteiger partial charge >= 0.3 is 0 Å². The van der Waals surface area contributed by atoms with Crippen LogP contribution in [0.25, 0.3) is 21.7 Å². The SMILES string of the molecule is Nc1cc(-c2sc(C3CCNCC3)nc2-c2cccc(NS(=O)(=O)c3cc(F)ccc3F)c2F)ccn1. The molecule has 4 aromatic rings. The Morgan fingerprint density at radius 2 is 1.84 bits per heavy atom. The van der Waals surface area contributed by atoms with Gasteiger partial charge in [0.1, 0.15) is 22.3 Å². The normalized spacial score (nSPS) is 14.6. The van der Waals surface area contributed by atoms with Gasteiger partial charge < -0.3 is 11.1 Å². The van der Waals surface area contributed by atoms with Crippen LogP contribution >= 0.6 is 11.3 Å². The second-order valence-electron chi connectivity index (χ2n) is 8.57. The fourth-order valence-electron chi connectivity index (χ4n) is 4.22. The lowest BCUT2D eigenvalue weighted by Gasteiger charge is -2.20. The highest BCUT2D eigenvalue weighted by molar-refractivity contribution is 7.92. The second kappa shape index (κ2) is 10.1. The summed E-state index contributed by atoms with van der Waals surface area (Å²) in [5.41, 5.74) is 6.57. The van der Waals surface area contributed by atoms with Gasteiger partial charge in [-0.2, -0.15) is 0 Å². The second-order valence-corrected chi connectivity index (χ2v) is 11.3. The number of pyridine rings is 1. The molecule has 37 heavy (non-hydrogen) atoms. The van der Waals surface area contributed by atoms with Crippen LogP contribution in [-0.2, 0) is 10.0 Å². The number of anilines is 2. The molecule has 4 N–H and O–H groups in total. The van der Waals surface area contributed by atoms with E-state index in [1.807, 2.05) is 4.72 Å². The zero-order valence-electron chi connectivity index (χ0n) is 19.3. The Balaban J connectivity index is 1.59. The Kier molecular flexibility index (Phi) is 6.88. The number of thiazole rings is 1. The number of hydrogen-bond acceptors (Lipinski definition) is 7. The Morgan fingerprint density at radius 3 is 2.59 bits per heavy atom. The van der Waals surface area contributed by atoms with Gasteiger partial charge in [0.15, 0.2) is 5.82 Å². The molecule has 0 saturated carbocycles. The van der Waals surface area contributed by atoms with Crippen molar-refractivity contribution in [2.75, 3.05) is 23.5 Å². The smallest absolute Gasteiger partial charge is 0.265 e. The minimum atomic E-state index is -4.62. The molecule has 0 aliphatic carbocycles. The van der Waals surface area contributed by atoms with E-state index in [1.165, 1.54) is 29.5 Å². The van der Waals surface area contributed by atoms with Crippen molar-refractivity contribution in [3.8, 4) is 21.7 Å². The van der Waals surface area contributed by atoms with Crippen LogP contribution in [0.3, 0.4) is 0 Å². The Bertz CT molecular complexity index is 1570. The fourth-order valence-corrected chi connectivity index (χ4v) is 6.62. The van der Waals surface area contributed by atoms with Crippen LogP contribution in [0.2, 0.25) is 0 Å². The summed E-state index contributed by atoms with van der Waals surface area (Å²) in [6.07, 6.45) is 3.31. The largest absolute Gasteiger partial charge is 0.384 e. The number of benzene rings is 2. The van der Waals surface area contributed by atoms with E-state index in [2.05, 4.69) is 10.3 Å². The molecule has 0 amide bonds. The Labute approximate surface area is 215 Å². The summed E-state index contributed by atoms with van der Waals surface area (Å²) in [6.45, 7) is 1.69. The molecule has 0 spiro atoms. The van der Waals surface area contributed by atoms with E-state index in [0.717, 1.165) is 37.0 Å². The number of rotatable bonds is 6. The van der Waals surface area contributed by atoms with E-state index in [-0.39, 0.29) is 11.5 Å². The minimum Gasteiger partial charge on any atom is -0.384 e. The molecule has 1 aliphatic rings. The van der Waals surface area contributed by atoms with Crippen LogP contribution in [0, 0.1) is 17.5 Å². The van der Waals surface area contributed by atoms with Gasteiger partial charge in [0, 0.05) is 17.7 Å². The number of hydrogen-bond donors (Lipinski definition) is 3. The molecular formula is C25H22F3N5O2S2. The quantitative estimate of drug-likeness (QED) is 0.310. The molecule has 5 rings (SSSR count). The van der Waals surface area contributed by atoms with Gasteiger partial charge in [0.05, 0.1) is 21.3 Å². The lowest BCUT2D eigenvalue weighted by Crippen LogP contribution is -2.26. The van der Waals surface area contributed by atoms with Crippen molar-refractivity contribution in [1.29, 1.82) is 0 Å². The average molecular weight is 546 g/mol. The molecule has 7 nitrogen and oxygen atoms in total. The first-order valence-corrected chi connectivity index (χ1v) is 13.7. The third kappa shape index (κ3) is 5.17. The van der Waals surface area contributed by atoms with Crippen LogP contribution < -0.4 is 15.8 Å². The van der Waals surface area contributed by atoms with E-state index < -0.39 is 38.1 Å². The third-order valence-electron chi connectivity index (χ3n) is 6.06. The molecule has 1 fully saturated rings. The van der Waals surface area contributed by atoms with Gasteiger partial charge in [0.2, 0.25) is 0 Å². The monoisotopic (exact) mass is 545 g/mol. The number of nitrogens with one attached hydrogen (secondary N) is 2. The van der Waals surface area contributed by atoms with E-state index in [4.69, 9.17) is 10.7 Å². The Hall–Kier alpha value is -3.48. The van der Waals surface area contributed by atoms with E-state index in [0.29, 0.717) is 34.1 Å². The van der Waals surface area contributed by atoms with Gasteiger partial charge in [0.25, 0.3) is 10.0 Å². The first-order valence-electron chi connectivity index (χ1n) is 11.4. The maximum atomic E-state index is 15.8. The molecule has 12 heteroatoms. The molecule has 2 aromatic heterocycles. The van der Waals surface area contributed by atoms with Crippen LogP contribution in [0.15, 0.2) is 59.6 Å². The molecular weight excluding hydrogens is 523 g/mol. The number of sulfonamides is 1. The summed E-state index contributed by atoms with van der Waals surface area (Å²) in [5.74, 6) is -2.51. The zero-order valence-corrected chi connectivity index (χ0v) is 21.0. The molecule has 1 saturated heterocycles. The molecule has 192 valence electrons. The molecule has 0 radical (unpaired) electrons. The zero-order chi connectivity index (χ0) is 26.2. The van der Waals surface area contributed by atoms with Crippen molar-refractivity contribution >= 4 is 32.9 Å². The number of aromatic nitrogens is 2. The summed E-state index contributed by atoms with van der Waals surface area (Å²) in [7, 11) is -4.62. The molecule has 0 unspecified atom stereocenters. The van der Waals surface area contributed by atoms with Gasteiger partial charge in [-0.25, -0.2) is 31.6 Å². The summed E-state index contributed by atoms with van der Waals surface area (Å²) < 4.78 is 71.2. The van der Waals surface area contributed by atoms with Crippen LogP contribution in [-0.4, -0.2) is 31.5 Å². The molecule has 0 bridgehead atoms. The number of piperidine rings is 1. The van der Waals surface area contributed by atoms with Crippen LogP contribution in [0.5, 0.6) is 0 Å². The topological polar surface area (TPSA) is 110 Å².